The fourth-order valence-corrected chi connectivity index (χ4v) is 2.34. The van der Waals surface area contributed by atoms with Crippen molar-refractivity contribution in [2.24, 2.45) is 16.8 Å². The maximum absolute atomic E-state index is 5.76. The van der Waals surface area contributed by atoms with Crippen molar-refractivity contribution in [2.45, 2.75) is 46.5 Å². The number of aliphatic imine (C=N–C) groups is 1. The van der Waals surface area contributed by atoms with E-state index in [1.165, 1.54) is 6.42 Å². The maximum Gasteiger partial charge on any atom is 0.191 e. The van der Waals surface area contributed by atoms with Gasteiger partial charge in [0.25, 0.3) is 0 Å². The first-order valence-corrected chi connectivity index (χ1v) is 8.90. The topological polar surface area (TPSA) is 54.9 Å². The molecule has 1 rings (SSSR count). The minimum Gasteiger partial charge on any atom is -0.381 e. The lowest BCUT2D eigenvalue weighted by molar-refractivity contribution is 0.0205. The van der Waals surface area contributed by atoms with Crippen molar-refractivity contribution in [2.75, 3.05) is 46.1 Å². The van der Waals surface area contributed by atoms with Crippen molar-refractivity contribution in [1.82, 2.24) is 10.6 Å². The Labute approximate surface area is 159 Å². The van der Waals surface area contributed by atoms with E-state index in [2.05, 4.69) is 36.4 Å². The second-order valence-corrected chi connectivity index (χ2v) is 6.35. The second-order valence-electron chi connectivity index (χ2n) is 6.35. The van der Waals surface area contributed by atoms with Gasteiger partial charge in [-0.1, -0.05) is 13.8 Å². The molecule has 2 N–H and O–H groups in total. The molecule has 0 unspecified atom stereocenters. The molecule has 1 aliphatic heterocycles. The molecule has 0 aromatic rings. The Morgan fingerprint density at radius 1 is 1.26 bits per heavy atom. The third kappa shape index (κ3) is 12.9. The fourth-order valence-electron chi connectivity index (χ4n) is 2.34. The van der Waals surface area contributed by atoms with E-state index in [-0.39, 0.29) is 24.0 Å². The van der Waals surface area contributed by atoms with Crippen LogP contribution in [-0.4, -0.2) is 52.0 Å². The average Bonchev–Trinajstić information content (AvgIpc) is 2.51. The third-order valence-corrected chi connectivity index (χ3v) is 3.77. The van der Waals surface area contributed by atoms with Gasteiger partial charge in [0.05, 0.1) is 0 Å². The van der Waals surface area contributed by atoms with Crippen LogP contribution in [0.5, 0.6) is 0 Å². The monoisotopic (exact) mass is 441 g/mol. The SMILES string of the molecule is CCNC(=NCCCOCC1CCOCC1)NCCC(C)C.I. The van der Waals surface area contributed by atoms with Crippen LogP contribution < -0.4 is 10.6 Å². The Kier molecular flexibility index (Phi) is 15.4. The molecule has 0 atom stereocenters. The summed E-state index contributed by atoms with van der Waals surface area (Å²) in [6.07, 6.45) is 4.42. The van der Waals surface area contributed by atoms with Crippen LogP contribution in [0.1, 0.15) is 46.5 Å². The first-order valence-electron chi connectivity index (χ1n) is 8.90. The summed E-state index contributed by atoms with van der Waals surface area (Å²) < 4.78 is 11.1. The van der Waals surface area contributed by atoms with Gasteiger partial charge in [-0.25, -0.2) is 0 Å². The second kappa shape index (κ2) is 15.4. The minimum absolute atomic E-state index is 0. The Balaban J connectivity index is 0.00000484. The molecular weight excluding hydrogens is 405 g/mol. The van der Waals surface area contributed by atoms with Gasteiger partial charge in [-0.05, 0) is 44.4 Å². The summed E-state index contributed by atoms with van der Waals surface area (Å²) in [6.45, 7) is 12.7. The van der Waals surface area contributed by atoms with Gasteiger partial charge in [0.15, 0.2) is 5.96 Å². The number of rotatable bonds is 10. The summed E-state index contributed by atoms with van der Waals surface area (Å²) >= 11 is 0. The first-order chi connectivity index (χ1) is 10.7. The Morgan fingerprint density at radius 2 is 2.00 bits per heavy atom. The Hall–Kier alpha value is -0.0800. The van der Waals surface area contributed by atoms with Gasteiger partial charge < -0.3 is 20.1 Å². The molecule has 0 radical (unpaired) electrons. The molecule has 1 aliphatic rings. The van der Waals surface area contributed by atoms with E-state index in [4.69, 9.17) is 9.47 Å². The van der Waals surface area contributed by atoms with Crippen LogP contribution in [0, 0.1) is 11.8 Å². The zero-order valence-corrected chi connectivity index (χ0v) is 17.4. The Morgan fingerprint density at radius 3 is 2.65 bits per heavy atom. The van der Waals surface area contributed by atoms with Crippen LogP contribution in [0.4, 0.5) is 0 Å². The van der Waals surface area contributed by atoms with E-state index >= 15 is 0 Å². The van der Waals surface area contributed by atoms with Gasteiger partial charge in [-0.2, -0.15) is 0 Å². The highest BCUT2D eigenvalue weighted by Crippen LogP contribution is 2.14. The van der Waals surface area contributed by atoms with Crippen LogP contribution in [0.3, 0.4) is 0 Å². The van der Waals surface area contributed by atoms with Gasteiger partial charge in [0.2, 0.25) is 0 Å². The highest BCUT2D eigenvalue weighted by atomic mass is 127. The summed E-state index contributed by atoms with van der Waals surface area (Å²) in [5.41, 5.74) is 0. The lowest BCUT2D eigenvalue weighted by Crippen LogP contribution is -2.38. The van der Waals surface area contributed by atoms with Gasteiger partial charge in [-0.15, -0.1) is 24.0 Å². The molecule has 0 amide bonds. The highest BCUT2D eigenvalue weighted by molar-refractivity contribution is 14.0. The lowest BCUT2D eigenvalue weighted by atomic mass is 10.0. The van der Waals surface area contributed by atoms with Crippen LogP contribution in [0.25, 0.3) is 0 Å². The number of ether oxygens (including phenoxy) is 2. The van der Waals surface area contributed by atoms with Crippen LogP contribution in [0.15, 0.2) is 4.99 Å². The first kappa shape index (κ1) is 22.9. The molecule has 0 saturated carbocycles. The molecule has 1 heterocycles. The van der Waals surface area contributed by atoms with Gasteiger partial charge in [0.1, 0.15) is 0 Å². The van der Waals surface area contributed by atoms with Gasteiger partial charge >= 0.3 is 0 Å². The van der Waals surface area contributed by atoms with E-state index < -0.39 is 0 Å². The molecule has 0 aliphatic carbocycles. The van der Waals surface area contributed by atoms with Gasteiger partial charge in [-0.3, -0.25) is 4.99 Å². The van der Waals surface area contributed by atoms with E-state index in [0.717, 1.165) is 71.3 Å². The molecule has 5 nitrogen and oxygen atoms in total. The molecule has 6 heteroatoms. The van der Waals surface area contributed by atoms with Crippen LogP contribution in [-0.2, 0) is 9.47 Å². The van der Waals surface area contributed by atoms with Crippen molar-refractivity contribution >= 4 is 29.9 Å². The summed E-state index contributed by atoms with van der Waals surface area (Å²) in [5, 5.41) is 6.66. The molecular formula is C17H36IN3O2. The highest BCUT2D eigenvalue weighted by Gasteiger charge is 2.13. The number of nitrogens with one attached hydrogen (secondary N) is 2. The maximum atomic E-state index is 5.76. The van der Waals surface area contributed by atoms with Crippen molar-refractivity contribution in [3.63, 3.8) is 0 Å². The Bertz CT molecular complexity index is 296. The number of halogens is 1. The smallest absolute Gasteiger partial charge is 0.191 e. The largest absolute Gasteiger partial charge is 0.381 e. The van der Waals surface area contributed by atoms with Crippen LogP contribution >= 0.6 is 24.0 Å². The normalized spacial score (nSPS) is 16.3. The molecule has 0 bridgehead atoms. The summed E-state index contributed by atoms with van der Waals surface area (Å²) in [7, 11) is 0. The molecule has 0 aromatic carbocycles. The zero-order chi connectivity index (χ0) is 16.0. The van der Waals surface area contributed by atoms with Crippen molar-refractivity contribution in [3.05, 3.63) is 0 Å². The quantitative estimate of drug-likeness (QED) is 0.237. The molecule has 1 saturated heterocycles. The van der Waals surface area contributed by atoms with E-state index in [1.54, 1.807) is 0 Å². The standard InChI is InChI=1S/C17H35N3O2.HI/c1-4-18-17(20-10-6-15(2)3)19-9-5-11-22-14-16-7-12-21-13-8-16;/h15-16H,4-14H2,1-3H3,(H2,18,19,20);1H. The molecule has 23 heavy (non-hydrogen) atoms. The number of guanidine groups is 1. The van der Waals surface area contributed by atoms with E-state index in [9.17, 15) is 0 Å². The molecule has 1 fully saturated rings. The van der Waals surface area contributed by atoms with Crippen molar-refractivity contribution in [1.29, 1.82) is 0 Å². The van der Waals surface area contributed by atoms with E-state index in [1.807, 2.05) is 0 Å². The third-order valence-electron chi connectivity index (χ3n) is 3.77. The molecule has 138 valence electrons. The molecule has 0 spiro atoms. The van der Waals surface area contributed by atoms with Crippen molar-refractivity contribution < 1.29 is 9.47 Å². The predicted octanol–water partition coefficient (Wildman–Crippen LogP) is 3.04. The fraction of sp³-hybridized carbons (Fsp3) is 0.941. The van der Waals surface area contributed by atoms with Crippen LogP contribution in [0.2, 0.25) is 0 Å². The van der Waals surface area contributed by atoms with E-state index in [0.29, 0.717) is 11.8 Å². The predicted molar refractivity (Wildman–Crippen MR) is 108 cm³/mol. The number of hydrogen-bond donors (Lipinski definition) is 2. The lowest BCUT2D eigenvalue weighted by Gasteiger charge is -2.21. The number of hydrogen-bond acceptors (Lipinski definition) is 3. The summed E-state index contributed by atoms with van der Waals surface area (Å²) in [6, 6.07) is 0. The minimum atomic E-state index is 0. The van der Waals surface area contributed by atoms with Gasteiger partial charge in [0, 0.05) is 46.1 Å². The zero-order valence-electron chi connectivity index (χ0n) is 15.1. The molecule has 0 aromatic heterocycles. The summed E-state index contributed by atoms with van der Waals surface area (Å²) in [4.78, 5) is 4.59. The average molecular weight is 441 g/mol. The van der Waals surface area contributed by atoms with Crippen molar-refractivity contribution in [3.8, 4) is 0 Å². The summed E-state index contributed by atoms with van der Waals surface area (Å²) in [5.74, 6) is 2.33. The number of nitrogens with zero attached hydrogens (tertiary/aromatic N) is 1.